The second kappa shape index (κ2) is 7.37. The molecule has 6 nitrogen and oxygen atoms in total. The number of aromatic amines is 1. The zero-order valence-electron chi connectivity index (χ0n) is 15.0. The van der Waals surface area contributed by atoms with Gasteiger partial charge in [0, 0.05) is 25.2 Å². The van der Waals surface area contributed by atoms with Crippen molar-refractivity contribution in [1.29, 1.82) is 0 Å². The number of aliphatic hydroxyl groups excluding tert-OH is 1. The van der Waals surface area contributed by atoms with E-state index in [1.807, 2.05) is 37.4 Å². The zero-order valence-corrected chi connectivity index (χ0v) is 15.0. The summed E-state index contributed by atoms with van der Waals surface area (Å²) in [7, 11) is 2.01. The molecule has 0 unspecified atom stereocenters. The molecule has 134 valence electrons. The minimum atomic E-state index is -0.532. The van der Waals surface area contributed by atoms with Crippen molar-refractivity contribution in [3.63, 3.8) is 0 Å². The smallest absolute Gasteiger partial charge is 0.272 e. The maximum absolute atomic E-state index is 13.0. The molecule has 1 aromatic carbocycles. The summed E-state index contributed by atoms with van der Waals surface area (Å²) in [6.07, 6.45) is 1.01. The SMILES string of the molecule is CC(C)CN(C)[C@@H]1CN(C(=O)c2[nH]cnc2-c2ccccc2)C[C@H]1O. The molecule has 2 heterocycles. The van der Waals surface area contributed by atoms with Crippen LogP contribution in [0.1, 0.15) is 24.3 Å². The molecule has 1 saturated heterocycles. The number of carbonyl (C=O) groups excluding carboxylic acids is 1. The number of likely N-dealkylation sites (N-methyl/N-ethyl adjacent to an activating group) is 1. The number of aliphatic hydroxyl groups is 1. The first kappa shape index (κ1) is 17.6. The van der Waals surface area contributed by atoms with Gasteiger partial charge in [-0.3, -0.25) is 9.69 Å². The summed E-state index contributed by atoms with van der Waals surface area (Å²) in [5, 5.41) is 10.4. The highest BCUT2D eigenvalue weighted by atomic mass is 16.3. The average molecular weight is 342 g/mol. The van der Waals surface area contributed by atoms with Crippen LogP contribution in [-0.4, -0.2) is 69.6 Å². The fourth-order valence-electron chi connectivity index (χ4n) is 3.51. The number of nitrogens with zero attached hydrogens (tertiary/aromatic N) is 3. The lowest BCUT2D eigenvalue weighted by Gasteiger charge is -2.27. The van der Waals surface area contributed by atoms with Gasteiger partial charge >= 0.3 is 0 Å². The van der Waals surface area contributed by atoms with Crippen molar-refractivity contribution < 1.29 is 9.90 Å². The monoisotopic (exact) mass is 342 g/mol. The topological polar surface area (TPSA) is 72.5 Å². The van der Waals surface area contributed by atoms with Crippen LogP contribution in [0, 0.1) is 5.92 Å². The van der Waals surface area contributed by atoms with Crippen LogP contribution in [0.15, 0.2) is 36.7 Å². The standard InChI is InChI=1S/C19H26N4O2/c1-13(2)9-22(3)15-10-23(11-16(15)24)19(25)18-17(20-12-21-18)14-7-5-4-6-8-14/h4-8,12-13,15-16,24H,9-11H2,1-3H3,(H,20,21)/t15-,16-/m1/s1. The molecular formula is C19H26N4O2. The van der Waals surface area contributed by atoms with Crippen LogP contribution < -0.4 is 0 Å². The Morgan fingerprint density at radius 3 is 2.76 bits per heavy atom. The van der Waals surface area contributed by atoms with Crippen molar-refractivity contribution >= 4 is 5.91 Å². The third kappa shape index (κ3) is 3.75. The molecule has 0 spiro atoms. The Bertz CT molecular complexity index is 713. The van der Waals surface area contributed by atoms with Crippen LogP contribution in [-0.2, 0) is 0 Å². The molecular weight excluding hydrogens is 316 g/mol. The van der Waals surface area contributed by atoms with Gasteiger partial charge in [-0.1, -0.05) is 44.2 Å². The fourth-order valence-corrected chi connectivity index (χ4v) is 3.51. The third-order valence-corrected chi connectivity index (χ3v) is 4.67. The van der Waals surface area contributed by atoms with Crippen LogP contribution in [0.25, 0.3) is 11.3 Å². The van der Waals surface area contributed by atoms with Gasteiger partial charge in [0.05, 0.1) is 18.5 Å². The normalized spacial score (nSPS) is 20.6. The minimum Gasteiger partial charge on any atom is -0.390 e. The van der Waals surface area contributed by atoms with E-state index in [1.54, 1.807) is 11.2 Å². The van der Waals surface area contributed by atoms with Crippen LogP contribution >= 0.6 is 0 Å². The van der Waals surface area contributed by atoms with E-state index in [0.717, 1.165) is 12.1 Å². The van der Waals surface area contributed by atoms with Crippen molar-refractivity contribution in [2.75, 3.05) is 26.7 Å². The summed E-state index contributed by atoms with van der Waals surface area (Å²) in [6, 6.07) is 9.62. The van der Waals surface area contributed by atoms with Gasteiger partial charge in [-0.25, -0.2) is 4.98 Å². The van der Waals surface area contributed by atoms with Crippen molar-refractivity contribution in [2.45, 2.75) is 26.0 Å². The van der Waals surface area contributed by atoms with Crippen molar-refractivity contribution in [3.8, 4) is 11.3 Å². The van der Waals surface area contributed by atoms with E-state index in [0.29, 0.717) is 30.4 Å². The molecule has 0 radical (unpaired) electrons. The Kier molecular flexibility index (Phi) is 5.20. The van der Waals surface area contributed by atoms with Crippen molar-refractivity contribution in [2.24, 2.45) is 5.92 Å². The molecule has 2 atom stereocenters. The van der Waals surface area contributed by atoms with Crippen LogP contribution in [0.3, 0.4) is 0 Å². The first-order valence-corrected chi connectivity index (χ1v) is 8.73. The summed E-state index contributed by atoms with van der Waals surface area (Å²) in [4.78, 5) is 24.1. The molecule has 0 bridgehead atoms. The Labute approximate surface area is 148 Å². The lowest BCUT2D eigenvalue weighted by atomic mass is 10.1. The molecule has 1 amide bonds. The van der Waals surface area contributed by atoms with Gasteiger partial charge in [0.2, 0.25) is 0 Å². The summed E-state index contributed by atoms with van der Waals surface area (Å²) in [6.45, 7) is 6.06. The van der Waals surface area contributed by atoms with Crippen LogP contribution in [0.4, 0.5) is 0 Å². The number of amides is 1. The number of hydrogen-bond acceptors (Lipinski definition) is 4. The maximum Gasteiger partial charge on any atom is 0.272 e. The molecule has 1 aliphatic heterocycles. The minimum absolute atomic E-state index is 0.0329. The molecule has 1 fully saturated rings. The van der Waals surface area contributed by atoms with E-state index in [1.165, 1.54) is 0 Å². The second-order valence-electron chi connectivity index (χ2n) is 7.17. The lowest BCUT2D eigenvalue weighted by molar-refractivity contribution is 0.0758. The number of hydrogen-bond donors (Lipinski definition) is 2. The summed E-state index contributed by atoms with van der Waals surface area (Å²) in [5.74, 6) is 0.398. The average Bonchev–Trinajstić information content (AvgIpc) is 3.21. The van der Waals surface area contributed by atoms with Gasteiger partial charge in [0.1, 0.15) is 11.4 Å². The molecule has 6 heteroatoms. The van der Waals surface area contributed by atoms with Crippen molar-refractivity contribution in [3.05, 3.63) is 42.4 Å². The predicted molar refractivity (Wildman–Crippen MR) is 97.2 cm³/mol. The van der Waals surface area contributed by atoms with Gasteiger partial charge < -0.3 is 15.0 Å². The first-order valence-electron chi connectivity index (χ1n) is 8.73. The molecule has 1 aliphatic rings. The molecule has 1 aromatic heterocycles. The maximum atomic E-state index is 13.0. The van der Waals surface area contributed by atoms with E-state index < -0.39 is 6.10 Å². The summed E-state index contributed by atoms with van der Waals surface area (Å²) < 4.78 is 0. The van der Waals surface area contributed by atoms with E-state index in [-0.39, 0.29) is 11.9 Å². The second-order valence-corrected chi connectivity index (χ2v) is 7.17. The number of likely N-dealkylation sites (tertiary alicyclic amines) is 1. The highest BCUT2D eigenvalue weighted by Gasteiger charge is 2.37. The number of carbonyl (C=O) groups is 1. The zero-order chi connectivity index (χ0) is 18.0. The molecule has 0 aliphatic carbocycles. The first-order chi connectivity index (χ1) is 12.0. The molecule has 0 saturated carbocycles. The Hall–Kier alpha value is -2.18. The highest BCUT2D eigenvalue weighted by Crippen LogP contribution is 2.24. The molecule has 3 rings (SSSR count). The van der Waals surface area contributed by atoms with Gasteiger partial charge in [-0.05, 0) is 13.0 Å². The number of β-amino-alcohol motifs (C(OH)–C–C–N with tert-alkyl or cyclic N) is 1. The fraction of sp³-hybridized carbons (Fsp3) is 0.474. The number of H-pyrrole nitrogens is 1. The number of aromatic nitrogens is 2. The van der Waals surface area contributed by atoms with E-state index in [9.17, 15) is 9.90 Å². The Morgan fingerprint density at radius 2 is 2.08 bits per heavy atom. The molecule has 25 heavy (non-hydrogen) atoms. The number of nitrogens with one attached hydrogen (secondary N) is 1. The van der Waals surface area contributed by atoms with Crippen LogP contribution in [0.2, 0.25) is 0 Å². The highest BCUT2D eigenvalue weighted by molar-refractivity contribution is 5.98. The van der Waals surface area contributed by atoms with Gasteiger partial charge in [0.15, 0.2) is 0 Å². The number of benzene rings is 1. The molecule has 2 N–H and O–H groups in total. The van der Waals surface area contributed by atoms with Crippen molar-refractivity contribution in [1.82, 2.24) is 19.8 Å². The predicted octanol–water partition coefficient (Wildman–Crippen LogP) is 1.85. The number of imidazole rings is 1. The third-order valence-electron chi connectivity index (χ3n) is 4.67. The largest absolute Gasteiger partial charge is 0.390 e. The Balaban J connectivity index is 1.76. The van der Waals surface area contributed by atoms with E-state index >= 15 is 0 Å². The van der Waals surface area contributed by atoms with Crippen LogP contribution in [0.5, 0.6) is 0 Å². The quantitative estimate of drug-likeness (QED) is 0.870. The number of rotatable bonds is 5. The molecule has 2 aromatic rings. The summed E-state index contributed by atoms with van der Waals surface area (Å²) >= 11 is 0. The lowest BCUT2D eigenvalue weighted by Crippen LogP contribution is -2.42. The summed E-state index contributed by atoms with van der Waals surface area (Å²) in [5.41, 5.74) is 2.03. The van der Waals surface area contributed by atoms with Gasteiger partial charge in [0.25, 0.3) is 5.91 Å². The van der Waals surface area contributed by atoms with E-state index in [4.69, 9.17) is 0 Å². The Morgan fingerprint density at radius 1 is 1.36 bits per heavy atom. The van der Waals surface area contributed by atoms with E-state index in [2.05, 4.69) is 28.7 Å². The van der Waals surface area contributed by atoms with Gasteiger partial charge in [-0.15, -0.1) is 0 Å². The van der Waals surface area contributed by atoms with Gasteiger partial charge in [-0.2, -0.15) is 0 Å².